The summed E-state index contributed by atoms with van der Waals surface area (Å²) in [5.41, 5.74) is 0. The van der Waals surface area contributed by atoms with Crippen LogP contribution in [0.25, 0.3) is 10.8 Å². The summed E-state index contributed by atoms with van der Waals surface area (Å²) in [7, 11) is 0. The van der Waals surface area contributed by atoms with E-state index in [2.05, 4.69) is 48.5 Å². The minimum Gasteiger partial charge on any atom is -0.481 e. The van der Waals surface area contributed by atoms with E-state index in [1.54, 1.807) is 0 Å². The summed E-state index contributed by atoms with van der Waals surface area (Å²) in [6.07, 6.45) is 0. The molecule has 0 unspecified atom stereocenters. The van der Waals surface area contributed by atoms with Crippen molar-refractivity contribution in [3.05, 3.63) is 48.5 Å². The zero-order valence-corrected chi connectivity index (χ0v) is 9.09. The number of carbonyl (C=O) groups is 2. The first-order valence-corrected chi connectivity index (χ1v) is 4.62. The summed E-state index contributed by atoms with van der Waals surface area (Å²) in [5, 5.41) is 10.0. The molecule has 84 valence electrons. The number of benzene rings is 2. The lowest BCUT2D eigenvalue weighted by Crippen LogP contribution is -1.78. The molecule has 0 aliphatic heterocycles. The topological polar surface area (TPSA) is 54.4 Å². The van der Waals surface area contributed by atoms with Gasteiger partial charge >= 0.3 is 0 Å². The monoisotopic (exact) mass is 218 g/mol. The van der Waals surface area contributed by atoms with Gasteiger partial charge in [-0.15, -0.1) is 0 Å². The van der Waals surface area contributed by atoms with Crippen LogP contribution in [0.15, 0.2) is 48.5 Å². The van der Waals surface area contributed by atoms with Gasteiger partial charge in [-0.2, -0.15) is 0 Å². The minimum absolute atomic E-state index is 0.833. The zero-order chi connectivity index (χ0) is 12.4. The SMILES string of the molecule is C=O.CC(=O)O.c1ccc2ccccc2c1. The largest absolute Gasteiger partial charge is 0.481 e. The van der Waals surface area contributed by atoms with E-state index in [1.165, 1.54) is 10.8 Å². The molecule has 16 heavy (non-hydrogen) atoms. The van der Waals surface area contributed by atoms with Gasteiger partial charge in [-0.1, -0.05) is 48.5 Å². The van der Waals surface area contributed by atoms with E-state index < -0.39 is 5.97 Å². The van der Waals surface area contributed by atoms with Crippen LogP contribution in [0.4, 0.5) is 0 Å². The van der Waals surface area contributed by atoms with Crippen LogP contribution in [0.5, 0.6) is 0 Å². The molecule has 0 aliphatic carbocycles. The van der Waals surface area contributed by atoms with Gasteiger partial charge in [-0.3, -0.25) is 4.79 Å². The molecule has 3 heteroatoms. The first-order valence-electron chi connectivity index (χ1n) is 4.62. The van der Waals surface area contributed by atoms with Crippen LogP contribution in [0, 0.1) is 0 Å². The van der Waals surface area contributed by atoms with Crippen LogP contribution >= 0.6 is 0 Å². The van der Waals surface area contributed by atoms with E-state index in [9.17, 15) is 0 Å². The number of fused-ring (bicyclic) bond motifs is 1. The molecule has 0 atom stereocenters. The Morgan fingerprint density at radius 2 is 1.12 bits per heavy atom. The molecule has 0 aromatic heterocycles. The summed E-state index contributed by atoms with van der Waals surface area (Å²) >= 11 is 0. The van der Waals surface area contributed by atoms with Crippen LogP contribution in [0.3, 0.4) is 0 Å². The average Bonchev–Trinajstić information content (AvgIpc) is 2.31. The Kier molecular flexibility index (Phi) is 7.07. The maximum Gasteiger partial charge on any atom is 0.300 e. The van der Waals surface area contributed by atoms with Gasteiger partial charge in [0, 0.05) is 6.92 Å². The number of hydrogen-bond acceptors (Lipinski definition) is 2. The maximum absolute atomic E-state index is 9.00. The van der Waals surface area contributed by atoms with E-state index in [0.717, 1.165) is 6.92 Å². The van der Waals surface area contributed by atoms with E-state index >= 15 is 0 Å². The fraction of sp³-hybridized carbons (Fsp3) is 0.0769. The summed E-state index contributed by atoms with van der Waals surface area (Å²) in [6.45, 7) is 3.08. The molecular weight excluding hydrogens is 204 g/mol. The number of aliphatic carboxylic acids is 1. The highest BCUT2D eigenvalue weighted by Gasteiger charge is 1.85. The maximum atomic E-state index is 9.00. The van der Waals surface area contributed by atoms with Crippen molar-refractivity contribution in [2.75, 3.05) is 0 Å². The van der Waals surface area contributed by atoms with Gasteiger partial charge < -0.3 is 9.90 Å². The molecule has 0 radical (unpaired) electrons. The van der Waals surface area contributed by atoms with Crippen LogP contribution < -0.4 is 0 Å². The van der Waals surface area contributed by atoms with E-state index in [1.807, 2.05) is 6.79 Å². The highest BCUT2D eigenvalue weighted by molar-refractivity contribution is 5.81. The number of rotatable bonds is 0. The summed E-state index contributed by atoms with van der Waals surface area (Å²) in [4.78, 5) is 17.0. The molecule has 0 amide bonds. The van der Waals surface area contributed by atoms with Crippen molar-refractivity contribution >= 4 is 23.5 Å². The Morgan fingerprint density at radius 1 is 0.938 bits per heavy atom. The van der Waals surface area contributed by atoms with E-state index in [4.69, 9.17) is 14.7 Å². The Hall–Kier alpha value is -2.16. The molecule has 2 aromatic rings. The lowest BCUT2D eigenvalue weighted by molar-refractivity contribution is -0.134. The van der Waals surface area contributed by atoms with Crippen molar-refractivity contribution in [1.29, 1.82) is 0 Å². The van der Waals surface area contributed by atoms with Gasteiger partial charge in [-0.05, 0) is 10.8 Å². The van der Waals surface area contributed by atoms with Gasteiger partial charge in [0.25, 0.3) is 5.97 Å². The fourth-order valence-corrected chi connectivity index (χ4v) is 1.13. The van der Waals surface area contributed by atoms with Crippen molar-refractivity contribution in [2.45, 2.75) is 6.92 Å². The van der Waals surface area contributed by atoms with Crippen molar-refractivity contribution in [1.82, 2.24) is 0 Å². The average molecular weight is 218 g/mol. The van der Waals surface area contributed by atoms with Crippen LogP contribution in [-0.4, -0.2) is 17.9 Å². The third-order valence-electron chi connectivity index (χ3n) is 1.66. The third kappa shape index (κ3) is 5.54. The first kappa shape index (κ1) is 13.8. The number of carbonyl (C=O) groups excluding carboxylic acids is 1. The molecule has 0 spiro atoms. The first-order chi connectivity index (χ1) is 7.70. The fourth-order valence-electron chi connectivity index (χ4n) is 1.13. The van der Waals surface area contributed by atoms with E-state index in [-0.39, 0.29) is 0 Å². The number of carboxylic acid groups (broad SMARTS) is 1. The second-order valence-electron chi connectivity index (χ2n) is 2.87. The predicted molar refractivity (Wildman–Crippen MR) is 64.4 cm³/mol. The molecular formula is C13H14O3. The lowest BCUT2D eigenvalue weighted by atomic mass is 10.1. The smallest absolute Gasteiger partial charge is 0.300 e. The van der Waals surface area contributed by atoms with Gasteiger partial charge in [0.2, 0.25) is 0 Å². The van der Waals surface area contributed by atoms with Gasteiger partial charge in [0.1, 0.15) is 6.79 Å². The summed E-state index contributed by atoms with van der Waals surface area (Å²) in [6, 6.07) is 16.7. The summed E-state index contributed by atoms with van der Waals surface area (Å²) < 4.78 is 0. The minimum atomic E-state index is -0.833. The van der Waals surface area contributed by atoms with Gasteiger partial charge in [-0.25, -0.2) is 0 Å². The normalized spacial score (nSPS) is 8.06. The molecule has 0 bridgehead atoms. The van der Waals surface area contributed by atoms with Crippen LogP contribution in [0.1, 0.15) is 6.92 Å². The van der Waals surface area contributed by atoms with E-state index in [0.29, 0.717) is 0 Å². The Labute approximate surface area is 94.3 Å². The molecule has 3 nitrogen and oxygen atoms in total. The molecule has 0 heterocycles. The lowest BCUT2D eigenvalue weighted by Gasteiger charge is -1.92. The Morgan fingerprint density at radius 3 is 1.31 bits per heavy atom. The van der Waals surface area contributed by atoms with Crippen molar-refractivity contribution in [3.63, 3.8) is 0 Å². The molecule has 0 fully saturated rings. The Balaban J connectivity index is 0.000000323. The second kappa shape index (κ2) is 8.17. The van der Waals surface area contributed by atoms with Gasteiger partial charge in [0.05, 0.1) is 0 Å². The molecule has 0 saturated heterocycles. The van der Waals surface area contributed by atoms with Crippen LogP contribution in [-0.2, 0) is 9.59 Å². The highest BCUT2D eigenvalue weighted by Crippen LogP contribution is 2.11. The Bertz CT molecular complexity index is 368. The number of carboxylic acids is 1. The predicted octanol–water partition coefficient (Wildman–Crippen LogP) is 2.75. The summed E-state index contributed by atoms with van der Waals surface area (Å²) in [5.74, 6) is -0.833. The standard InChI is InChI=1S/C10H8.C2H4O2.CH2O/c1-2-6-10-8-4-3-7-9(10)5-1;1-2(3)4;1-2/h1-8H;1H3,(H,3,4);1H2. The van der Waals surface area contributed by atoms with Crippen molar-refractivity contribution < 1.29 is 14.7 Å². The molecule has 1 N–H and O–H groups in total. The quantitative estimate of drug-likeness (QED) is 0.739. The van der Waals surface area contributed by atoms with Crippen molar-refractivity contribution in [3.8, 4) is 0 Å². The highest BCUT2D eigenvalue weighted by atomic mass is 16.4. The second-order valence-corrected chi connectivity index (χ2v) is 2.87. The third-order valence-corrected chi connectivity index (χ3v) is 1.66. The molecule has 2 rings (SSSR count). The van der Waals surface area contributed by atoms with Gasteiger partial charge in [0.15, 0.2) is 0 Å². The van der Waals surface area contributed by atoms with Crippen molar-refractivity contribution in [2.24, 2.45) is 0 Å². The zero-order valence-electron chi connectivity index (χ0n) is 9.09. The molecule has 0 saturated carbocycles. The molecule has 0 aliphatic rings. The molecule has 2 aromatic carbocycles. The number of hydrogen-bond donors (Lipinski definition) is 1. The van der Waals surface area contributed by atoms with Crippen LogP contribution in [0.2, 0.25) is 0 Å².